The monoisotopic (exact) mass is 328 g/mol. The van der Waals surface area contributed by atoms with Gasteiger partial charge in [0.2, 0.25) is 0 Å². The minimum Gasteiger partial charge on any atom is -0.339 e. The first kappa shape index (κ1) is 15.6. The number of amides is 1. The summed E-state index contributed by atoms with van der Waals surface area (Å²) >= 11 is 3.33. The first-order chi connectivity index (χ1) is 9.01. The zero-order chi connectivity index (χ0) is 14.4. The number of rotatable bonds is 6. The topological polar surface area (TPSA) is 63.5 Å². The molecule has 0 saturated carbocycles. The second-order valence-electron chi connectivity index (χ2n) is 4.18. The summed E-state index contributed by atoms with van der Waals surface area (Å²) in [5.74, 6) is -0.148. The highest BCUT2D eigenvalue weighted by atomic mass is 79.9. The fourth-order valence-electron chi connectivity index (χ4n) is 1.78. The van der Waals surface area contributed by atoms with E-state index >= 15 is 0 Å². The summed E-state index contributed by atoms with van der Waals surface area (Å²) < 4.78 is 0. The van der Waals surface area contributed by atoms with Crippen molar-refractivity contribution >= 4 is 27.5 Å². The summed E-state index contributed by atoms with van der Waals surface area (Å²) in [6.45, 7) is 4.92. The molecular formula is C13H17BrN2O3. The molecule has 1 rings (SSSR count). The number of halogens is 1. The van der Waals surface area contributed by atoms with Crippen LogP contribution in [0.5, 0.6) is 0 Å². The molecule has 0 radical (unpaired) electrons. The van der Waals surface area contributed by atoms with Crippen LogP contribution in [-0.4, -0.2) is 34.2 Å². The molecule has 0 aliphatic heterocycles. The Kier molecular flexibility index (Phi) is 5.95. The number of carbonyl (C=O) groups is 1. The van der Waals surface area contributed by atoms with Crippen LogP contribution in [0.4, 0.5) is 5.69 Å². The van der Waals surface area contributed by atoms with Crippen LogP contribution < -0.4 is 0 Å². The van der Waals surface area contributed by atoms with Gasteiger partial charge in [0.15, 0.2) is 0 Å². The molecule has 0 N–H and O–H groups in total. The lowest BCUT2D eigenvalue weighted by Crippen LogP contribution is -2.32. The minimum absolute atomic E-state index is 0.0505. The molecule has 0 bridgehead atoms. The van der Waals surface area contributed by atoms with E-state index in [1.807, 2.05) is 6.92 Å². The van der Waals surface area contributed by atoms with E-state index in [2.05, 4.69) is 15.9 Å². The summed E-state index contributed by atoms with van der Waals surface area (Å²) in [6, 6.07) is 4.39. The van der Waals surface area contributed by atoms with Gasteiger partial charge in [-0.1, -0.05) is 22.0 Å². The Hall–Kier alpha value is -1.43. The van der Waals surface area contributed by atoms with Crippen molar-refractivity contribution in [1.82, 2.24) is 4.90 Å². The Morgan fingerprint density at radius 3 is 2.68 bits per heavy atom. The lowest BCUT2D eigenvalue weighted by atomic mass is 10.1. The minimum atomic E-state index is -0.481. The number of alkyl halides is 1. The van der Waals surface area contributed by atoms with Crippen LogP contribution in [0.1, 0.15) is 29.3 Å². The van der Waals surface area contributed by atoms with Crippen LogP contribution in [0.2, 0.25) is 0 Å². The highest BCUT2D eigenvalue weighted by molar-refractivity contribution is 9.09. The highest BCUT2D eigenvalue weighted by Gasteiger charge is 2.19. The third-order valence-corrected chi connectivity index (χ3v) is 3.45. The largest absolute Gasteiger partial charge is 0.339 e. The van der Waals surface area contributed by atoms with Gasteiger partial charge in [0.25, 0.3) is 11.6 Å². The normalized spacial score (nSPS) is 10.3. The van der Waals surface area contributed by atoms with E-state index in [1.165, 1.54) is 12.1 Å². The summed E-state index contributed by atoms with van der Waals surface area (Å²) in [5, 5.41) is 11.6. The van der Waals surface area contributed by atoms with Gasteiger partial charge in [-0.3, -0.25) is 14.9 Å². The van der Waals surface area contributed by atoms with Gasteiger partial charge in [0.1, 0.15) is 0 Å². The van der Waals surface area contributed by atoms with E-state index in [4.69, 9.17) is 0 Å². The van der Waals surface area contributed by atoms with Gasteiger partial charge >= 0.3 is 0 Å². The second kappa shape index (κ2) is 7.23. The van der Waals surface area contributed by atoms with E-state index < -0.39 is 4.92 Å². The first-order valence-corrected chi connectivity index (χ1v) is 7.23. The van der Waals surface area contributed by atoms with Crippen LogP contribution in [0.15, 0.2) is 18.2 Å². The molecule has 0 fully saturated rings. The first-order valence-electron chi connectivity index (χ1n) is 6.11. The van der Waals surface area contributed by atoms with Crippen LogP contribution in [0.3, 0.4) is 0 Å². The maximum absolute atomic E-state index is 12.4. The molecule has 1 aromatic rings. The number of carbonyl (C=O) groups excluding carboxylic acids is 1. The summed E-state index contributed by atoms with van der Waals surface area (Å²) in [5.41, 5.74) is 1.11. The smallest absolute Gasteiger partial charge is 0.270 e. The number of benzene rings is 1. The van der Waals surface area contributed by atoms with Crippen molar-refractivity contribution < 1.29 is 9.72 Å². The van der Waals surface area contributed by atoms with Crippen LogP contribution in [0, 0.1) is 17.0 Å². The molecule has 0 aliphatic carbocycles. The average Bonchev–Trinajstić information content (AvgIpc) is 2.39. The van der Waals surface area contributed by atoms with Crippen molar-refractivity contribution in [3.8, 4) is 0 Å². The molecule has 0 aliphatic rings. The van der Waals surface area contributed by atoms with E-state index in [9.17, 15) is 14.9 Å². The van der Waals surface area contributed by atoms with Crippen molar-refractivity contribution in [2.24, 2.45) is 0 Å². The molecule has 0 unspecified atom stereocenters. The molecule has 1 aromatic carbocycles. The summed E-state index contributed by atoms with van der Waals surface area (Å²) in [7, 11) is 0. The Balaban J connectivity index is 3.02. The maximum atomic E-state index is 12.4. The van der Waals surface area contributed by atoms with Gasteiger partial charge in [0, 0.05) is 36.1 Å². The number of non-ortho nitro benzene ring substituents is 1. The molecule has 0 aromatic heterocycles. The number of nitrogens with zero attached hydrogens (tertiary/aromatic N) is 2. The van der Waals surface area contributed by atoms with E-state index in [0.29, 0.717) is 18.7 Å². The van der Waals surface area contributed by atoms with E-state index in [-0.39, 0.29) is 11.6 Å². The van der Waals surface area contributed by atoms with Gasteiger partial charge in [-0.2, -0.15) is 0 Å². The Labute approximate surface area is 120 Å². The fraction of sp³-hybridized carbons (Fsp3) is 0.462. The Morgan fingerprint density at radius 1 is 1.47 bits per heavy atom. The molecule has 0 atom stereocenters. The molecular weight excluding hydrogens is 312 g/mol. The zero-order valence-corrected chi connectivity index (χ0v) is 12.6. The number of aryl methyl sites for hydroxylation is 1. The highest BCUT2D eigenvalue weighted by Crippen LogP contribution is 2.19. The molecule has 104 valence electrons. The predicted molar refractivity (Wildman–Crippen MR) is 77.8 cm³/mol. The lowest BCUT2D eigenvalue weighted by Gasteiger charge is -2.21. The van der Waals surface area contributed by atoms with Crippen LogP contribution in [-0.2, 0) is 0 Å². The molecule has 0 heterocycles. The lowest BCUT2D eigenvalue weighted by molar-refractivity contribution is -0.384. The standard InChI is InChI=1S/C13H17BrN2O3/c1-3-15(8-4-7-14)13(17)12-9-11(16(18)19)6-5-10(12)2/h5-6,9H,3-4,7-8H2,1-2H3. The second-order valence-corrected chi connectivity index (χ2v) is 4.98. The number of nitro groups is 1. The van der Waals surface area contributed by atoms with Gasteiger partial charge in [-0.15, -0.1) is 0 Å². The van der Waals surface area contributed by atoms with Crippen molar-refractivity contribution in [3.63, 3.8) is 0 Å². The molecule has 6 heteroatoms. The fourth-order valence-corrected chi connectivity index (χ4v) is 2.03. The third-order valence-electron chi connectivity index (χ3n) is 2.89. The quantitative estimate of drug-likeness (QED) is 0.457. The molecule has 5 nitrogen and oxygen atoms in total. The average molecular weight is 329 g/mol. The predicted octanol–water partition coefficient (Wildman–Crippen LogP) is 3.15. The van der Waals surface area contributed by atoms with Crippen molar-refractivity contribution in [1.29, 1.82) is 0 Å². The number of hydrogen-bond acceptors (Lipinski definition) is 3. The Morgan fingerprint density at radius 2 is 2.16 bits per heavy atom. The van der Waals surface area contributed by atoms with Gasteiger partial charge in [0.05, 0.1) is 4.92 Å². The molecule has 0 saturated heterocycles. The molecule has 19 heavy (non-hydrogen) atoms. The zero-order valence-electron chi connectivity index (χ0n) is 11.1. The molecule has 1 amide bonds. The van der Waals surface area contributed by atoms with E-state index in [0.717, 1.165) is 17.3 Å². The van der Waals surface area contributed by atoms with Crippen molar-refractivity contribution in [2.45, 2.75) is 20.3 Å². The maximum Gasteiger partial charge on any atom is 0.270 e. The van der Waals surface area contributed by atoms with Gasteiger partial charge in [-0.25, -0.2) is 0 Å². The SMILES string of the molecule is CCN(CCCBr)C(=O)c1cc([N+](=O)[O-])ccc1C. The third kappa shape index (κ3) is 4.02. The Bertz CT molecular complexity index is 477. The number of nitro benzene ring substituents is 1. The van der Waals surface area contributed by atoms with Crippen LogP contribution in [0.25, 0.3) is 0 Å². The van der Waals surface area contributed by atoms with Crippen molar-refractivity contribution in [3.05, 3.63) is 39.4 Å². The van der Waals surface area contributed by atoms with E-state index in [1.54, 1.807) is 17.9 Å². The van der Waals surface area contributed by atoms with Crippen molar-refractivity contribution in [2.75, 3.05) is 18.4 Å². The van der Waals surface area contributed by atoms with Gasteiger partial charge < -0.3 is 4.90 Å². The number of hydrogen-bond donors (Lipinski definition) is 0. The summed E-state index contributed by atoms with van der Waals surface area (Å²) in [6.07, 6.45) is 0.855. The molecule has 0 spiro atoms. The van der Waals surface area contributed by atoms with Gasteiger partial charge in [-0.05, 0) is 25.8 Å². The van der Waals surface area contributed by atoms with Crippen LogP contribution >= 0.6 is 15.9 Å². The summed E-state index contributed by atoms with van der Waals surface area (Å²) in [4.78, 5) is 24.4.